The van der Waals surface area contributed by atoms with Gasteiger partial charge < -0.3 is 5.11 Å². The normalized spacial score (nSPS) is 13.2. The van der Waals surface area contributed by atoms with Crippen LogP contribution in [0.3, 0.4) is 0 Å². The summed E-state index contributed by atoms with van der Waals surface area (Å²) >= 11 is 0. The minimum Gasteiger partial charge on any atom is -0.387 e. The lowest BCUT2D eigenvalue weighted by Crippen LogP contribution is -2.20. The number of hydrogen-bond acceptors (Lipinski definition) is 2. The number of rotatable bonds is 4. The lowest BCUT2D eigenvalue weighted by atomic mass is 10.1. The van der Waals surface area contributed by atoms with Crippen LogP contribution in [-0.4, -0.2) is 22.6 Å². The molecular formula is C10H13F2NO. The number of halogens is 2. The zero-order valence-electron chi connectivity index (χ0n) is 7.95. The molecule has 2 nitrogen and oxygen atoms in total. The van der Waals surface area contributed by atoms with Gasteiger partial charge in [-0.1, -0.05) is 13.0 Å². The van der Waals surface area contributed by atoms with Crippen molar-refractivity contribution in [1.29, 1.82) is 0 Å². The Bertz CT molecular complexity index is 274. The molecule has 0 aliphatic carbocycles. The van der Waals surface area contributed by atoms with Crippen LogP contribution >= 0.6 is 0 Å². The second kappa shape index (κ2) is 5.00. The quantitative estimate of drug-likeness (QED) is 0.805. The van der Waals surface area contributed by atoms with E-state index in [0.29, 0.717) is 5.69 Å². The third-order valence-electron chi connectivity index (χ3n) is 2.00. The second-order valence-electron chi connectivity index (χ2n) is 3.12. The first-order valence-corrected chi connectivity index (χ1v) is 4.53. The summed E-state index contributed by atoms with van der Waals surface area (Å²) in [5.74, 6) is 0. The summed E-state index contributed by atoms with van der Waals surface area (Å²) in [5, 5.41) is 8.92. The van der Waals surface area contributed by atoms with Gasteiger partial charge in [0.2, 0.25) is 0 Å². The van der Waals surface area contributed by atoms with E-state index in [-0.39, 0.29) is 6.42 Å². The Hall–Kier alpha value is -1.03. The molecule has 0 amide bonds. The van der Waals surface area contributed by atoms with Crippen molar-refractivity contribution in [1.82, 2.24) is 4.98 Å². The van der Waals surface area contributed by atoms with Crippen molar-refractivity contribution in [2.75, 3.05) is 0 Å². The third-order valence-corrected chi connectivity index (χ3v) is 2.00. The molecule has 78 valence electrons. The van der Waals surface area contributed by atoms with E-state index in [1.807, 2.05) is 13.0 Å². The fourth-order valence-electron chi connectivity index (χ4n) is 1.09. The predicted octanol–water partition coefficient (Wildman–Crippen LogP) is 1.81. The highest BCUT2D eigenvalue weighted by molar-refractivity contribution is 5.14. The molecule has 0 radical (unpaired) electrons. The molecule has 1 N–H and O–H groups in total. The largest absolute Gasteiger partial charge is 0.387 e. The lowest BCUT2D eigenvalue weighted by Gasteiger charge is -2.08. The average molecular weight is 201 g/mol. The van der Waals surface area contributed by atoms with E-state index >= 15 is 0 Å². The summed E-state index contributed by atoms with van der Waals surface area (Å²) in [6.45, 7) is 1.99. The highest BCUT2D eigenvalue weighted by Crippen LogP contribution is 2.08. The van der Waals surface area contributed by atoms with E-state index in [2.05, 4.69) is 4.98 Å². The number of pyridine rings is 1. The van der Waals surface area contributed by atoms with Crippen molar-refractivity contribution in [3.05, 3.63) is 29.6 Å². The van der Waals surface area contributed by atoms with Crippen LogP contribution in [0.4, 0.5) is 8.78 Å². The average Bonchev–Trinajstić information content (AvgIpc) is 2.19. The molecule has 0 saturated carbocycles. The number of alkyl halides is 2. The number of aliphatic hydroxyl groups is 1. The topological polar surface area (TPSA) is 33.1 Å². The van der Waals surface area contributed by atoms with E-state index in [1.54, 1.807) is 12.3 Å². The predicted molar refractivity (Wildman–Crippen MR) is 49.3 cm³/mol. The van der Waals surface area contributed by atoms with Gasteiger partial charge in [0.15, 0.2) is 0 Å². The smallest absolute Gasteiger partial charge is 0.264 e. The summed E-state index contributed by atoms with van der Waals surface area (Å²) in [4.78, 5) is 3.98. The third kappa shape index (κ3) is 3.03. The van der Waals surface area contributed by atoms with Gasteiger partial charge in [-0.25, -0.2) is 8.78 Å². The number of aliphatic hydroxyl groups excluding tert-OH is 1. The van der Waals surface area contributed by atoms with Gasteiger partial charge >= 0.3 is 0 Å². The van der Waals surface area contributed by atoms with Crippen LogP contribution in [0.15, 0.2) is 18.3 Å². The number of aryl methyl sites for hydroxylation is 1. The van der Waals surface area contributed by atoms with Crippen molar-refractivity contribution in [2.24, 2.45) is 0 Å². The zero-order chi connectivity index (χ0) is 10.6. The SMILES string of the molecule is CCc1ccc(CC(O)C(F)F)nc1. The number of hydrogen-bond donors (Lipinski definition) is 1. The number of aromatic nitrogens is 1. The molecule has 1 rings (SSSR count). The molecule has 1 atom stereocenters. The summed E-state index contributed by atoms with van der Waals surface area (Å²) in [5.41, 5.74) is 1.55. The summed E-state index contributed by atoms with van der Waals surface area (Å²) in [6, 6.07) is 3.50. The molecule has 0 bridgehead atoms. The first kappa shape index (κ1) is 11.0. The van der Waals surface area contributed by atoms with Gasteiger partial charge in [-0.2, -0.15) is 0 Å². The van der Waals surface area contributed by atoms with Gasteiger partial charge in [0, 0.05) is 18.3 Å². The van der Waals surface area contributed by atoms with Crippen molar-refractivity contribution in [3.63, 3.8) is 0 Å². The molecule has 0 aromatic carbocycles. The summed E-state index contributed by atoms with van der Waals surface area (Å²) < 4.78 is 24.0. The zero-order valence-corrected chi connectivity index (χ0v) is 7.95. The van der Waals surface area contributed by atoms with Crippen LogP contribution in [0.5, 0.6) is 0 Å². The molecular weight excluding hydrogens is 188 g/mol. The van der Waals surface area contributed by atoms with Gasteiger partial charge in [0.1, 0.15) is 6.10 Å². The maximum Gasteiger partial charge on any atom is 0.264 e. The Morgan fingerprint density at radius 3 is 2.57 bits per heavy atom. The van der Waals surface area contributed by atoms with Crippen molar-refractivity contribution < 1.29 is 13.9 Å². The van der Waals surface area contributed by atoms with Gasteiger partial charge in [-0.15, -0.1) is 0 Å². The Morgan fingerprint density at radius 2 is 2.14 bits per heavy atom. The summed E-state index contributed by atoms with van der Waals surface area (Å²) in [7, 11) is 0. The molecule has 1 aromatic rings. The van der Waals surface area contributed by atoms with E-state index in [0.717, 1.165) is 12.0 Å². The van der Waals surface area contributed by atoms with Crippen molar-refractivity contribution in [3.8, 4) is 0 Å². The van der Waals surface area contributed by atoms with Crippen LogP contribution in [0, 0.1) is 0 Å². The van der Waals surface area contributed by atoms with Gasteiger partial charge in [0.05, 0.1) is 0 Å². The Kier molecular flexibility index (Phi) is 3.95. The van der Waals surface area contributed by atoms with E-state index < -0.39 is 12.5 Å². The van der Waals surface area contributed by atoms with Crippen molar-refractivity contribution in [2.45, 2.75) is 32.3 Å². The summed E-state index contributed by atoms with van der Waals surface area (Å²) in [6.07, 6.45) is -1.91. The molecule has 0 fully saturated rings. The maximum atomic E-state index is 12.0. The van der Waals surface area contributed by atoms with Crippen LogP contribution in [0.1, 0.15) is 18.2 Å². The monoisotopic (exact) mass is 201 g/mol. The minimum atomic E-state index is -2.71. The number of nitrogens with zero attached hydrogens (tertiary/aromatic N) is 1. The van der Waals surface area contributed by atoms with Gasteiger partial charge in [0.25, 0.3) is 6.43 Å². The molecule has 1 unspecified atom stereocenters. The van der Waals surface area contributed by atoms with E-state index in [1.165, 1.54) is 0 Å². The Morgan fingerprint density at radius 1 is 1.43 bits per heavy atom. The molecule has 1 heterocycles. The highest BCUT2D eigenvalue weighted by atomic mass is 19.3. The Labute approximate surface area is 81.6 Å². The molecule has 0 spiro atoms. The van der Waals surface area contributed by atoms with Crippen molar-refractivity contribution >= 4 is 0 Å². The fraction of sp³-hybridized carbons (Fsp3) is 0.500. The molecule has 0 saturated heterocycles. The van der Waals surface area contributed by atoms with Gasteiger partial charge in [-0.3, -0.25) is 4.98 Å². The van der Waals surface area contributed by atoms with E-state index in [4.69, 9.17) is 5.11 Å². The van der Waals surface area contributed by atoms with E-state index in [9.17, 15) is 8.78 Å². The van der Waals surface area contributed by atoms with Gasteiger partial charge in [-0.05, 0) is 18.1 Å². The highest BCUT2D eigenvalue weighted by Gasteiger charge is 2.17. The lowest BCUT2D eigenvalue weighted by molar-refractivity contribution is -0.00416. The first-order valence-electron chi connectivity index (χ1n) is 4.53. The van der Waals surface area contributed by atoms with Crippen LogP contribution < -0.4 is 0 Å². The standard InChI is InChI=1S/C10H13F2NO/c1-2-7-3-4-8(13-6-7)5-9(14)10(11)12/h3-4,6,9-10,14H,2,5H2,1H3. The second-order valence-corrected chi connectivity index (χ2v) is 3.12. The van der Waals surface area contributed by atoms with Crippen LogP contribution in [0.2, 0.25) is 0 Å². The first-order chi connectivity index (χ1) is 6.63. The molecule has 1 aromatic heterocycles. The fourth-order valence-corrected chi connectivity index (χ4v) is 1.09. The maximum absolute atomic E-state index is 12.0. The molecule has 0 aliphatic rings. The van der Waals surface area contributed by atoms with Crippen LogP contribution in [0.25, 0.3) is 0 Å². The Balaban J connectivity index is 2.59. The molecule has 14 heavy (non-hydrogen) atoms. The van der Waals surface area contributed by atoms with Crippen LogP contribution in [-0.2, 0) is 12.8 Å². The minimum absolute atomic E-state index is 0.0956. The molecule has 0 aliphatic heterocycles. The molecule has 4 heteroatoms.